The molecule has 3 N–H and O–H groups in total. The third kappa shape index (κ3) is 7.55. The molecule has 0 bridgehead atoms. The Hall–Kier alpha value is -3.15. The number of benzene rings is 3. The van der Waals surface area contributed by atoms with E-state index in [4.69, 9.17) is 4.74 Å². The van der Waals surface area contributed by atoms with Gasteiger partial charge in [0.15, 0.2) is 0 Å². The molecule has 0 spiro atoms. The lowest BCUT2D eigenvalue weighted by Gasteiger charge is -2.25. The van der Waals surface area contributed by atoms with E-state index < -0.39 is 24.3 Å². The van der Waals surface area contributed by atoms with Crippen molar-refractivity contribution in [2.24, 2.45) is 0 Å². The average molecular weight is 420 g/mol. The lowest BCUT2D eigenvalue weighted by Crippen LogP contribution is -2.35. The van der Waals surface area contributed by atoms with Crippen LogP contribution in [0.1, 0.15) is 35.6 Å². The zero-order valence-electron chi connectivity index (χ0n) is 17.4. The first-order valence-electron chi connectivity index (χ1n) is 10.5. The molecule has 3 rings (SSSR count). The predicted octanol–water partition coefficient (Wildman–Crippen LogP) is 4.40. The van der Waals surface area contributed by atoms with Gasteiger partial charge in [-0.1, -0.05) is 91.0 Å². The maximum Gasteiger partial charge on any atom is 0.407 e. The fourth-order valence-electron chi connectivity index (χ4n) is 3.42. The van der Waals surface area contributed by atoms with Gasteiger partial charge in [-0.3, -0.25) is 0 Å². The molecule has 1 amide bonds. The number of hydrogen-bond acceptors (Lipinski definition) is 4. The van der Waals surface area contributed by atoms with Crippen molar-refractivity contribution in [1.29, 1.82) is 0 Å². The molecule has 0 aliphatic rings. The number of carbonyl (C=O) groups is 1. The Morgan fingerprint density at radius 3 is 1.94 bits per heavy atom. The molecule has 5 heteroatoms. The maximum absolute atomic E-state index is 12.4. The summed E-state index contributed by atoms with van der Waals surface area (Å²) in [5, 5.41) is 23.9. The van der Waals surface area contributed by atoms with Crippen LogP contribution in [0.3, 0.4) is 0 Å². The first-order chi connectivity index (χ1) is 15.1. The van der Waals surface area contributed by atoms with Crippen molar-refractivity contribution in [1.82, 2.24) is 5.32 Å². The van der Waals surface area contributed by atoms with Gasteiger partial charge in [0.2, 0.25) is 0 Å². The zero-order valence-corrected chi connectivity index (χ0v) is 17.4. The molecule has 31 heavy (non-hydrogen) atoms. The minimum atomic E-state index is -0.983. The molecule has 162 valence electrons. The van der Waals surface area contributed by atoms with Gasteiger partial charge in [-0.2, -0.15) is 0 Å². The average Bonchev–Trinajstić information content (AvgIpc) is 2.82. The number of carbonyl (C=O) groups excluding carboxylic acids is 1. The minimum absolute atomic E-state index is 0.163. The third-order valence-electron chi connectivity index (χ3n) is 5.20. The minimum Gasteiger partial charge on any atom is -0.445 e. The molecule has 0 aliphatic heterocycles. The summed E-state index contributed by atoms with van der Waals surface area (Å²) in [7, 11) is 0. The van der Waals surface area contributed by atoms with Gasteiger partial charge in [-0.05, 0) is 29.5 Å². The Morgan fingerprint density at radius 1 is 0.774 bits per heavy atom. The SMILES string of the molecule is O=C(NC(CC(O)C(O)CCc1ccccc1)c1ccccc1)OCc1ccccc1. The van der Waals surface area contributed by atoms with Crippen LogP contribution in [-0.2, 0) is 17.8 Å². The smallest absolute Gasteiger partial charge is 0.407 e. The van der Waals surface area contributed by atoms with Crippen molar-refractivity contribution in [3.05, 3.63) is 108 Å². The van der Waals surface area contributed by atoms with Gasteiger partial charge in [0, 0.05) is 6.42 Å². The van der Waals surface area contributed by atoms with Crippen molar-refractivity contribution in [3.63, 3.8) is 0 Å². The summed E-state index contributed by atoms with van der Waals surface area (Å²) in [6, 6.07) is 28.2. The molecular formula is C26H29NO4. The van der Waals surface area contributed by atoms with E-state index in [-0.39, 0.29) is 13.0 Å². The van der Waals surface area contributed by atoms with E-state index in [9.17, 15) is 15.0 Å². The first-order valence-corrected chi connectivity index (χ1v) is 10.5. The molecule has 3 aromatic rings. The normalized spacial score (nSPS) is 13.7. The number of amides is 1. The lowest BCUT2D eigenvalue weighted by molar-refractivity contribution is 0.00398. The number of alkyl carbamates (subject to hydrolysis) is 1. The van der Waals surface area contributed by atoms with Crippen LogP contribution in [0.15, 0.2) is 91.0 Å². The highest BCUT2D eigenvalue weighted by atomic mass is 16.5. The third-order valence-corrected chi connectivity index (χ3v) is 5.20. The summed E-state index contributed by atoms with van der Waals surface area (Å²) in [4.78, 5) is 12.4. The quantitative estimate of drug-likeness (QED) is 0.455. The molecule has 5 nitrogen and oxygen atoms in total. The standard InChI is InChI=1S/C26H29NO4/c28-24(17-16-20-10-4-1-5-11-20)25(29)18-23(22-14-8-3-9-15-22)27-26(30)31-19-21-12-6-2-7-13-21/h1-15,23-25,28-29H,16-19H2,(H,27,30). The monoisotopic (exact) mass is 419 g/mol. The summed E-state index contributed by atoms with van der Waals surface area (Å²) >= 11 is 0. The van der Waals surface area contributed by atoms with Crippen molar-refractivity contribution in [3.8, 4) is 0 Å². The van der Waals surface area contributed by atoms with Gasteiger partial charge in [-0.15, -0.1) is 0 Å². The molecule has 0 radical (unpaired) electrons. The number of aliphatic hydroxyl groups excluding tert-OH is 2. The van der Waals surface area contributed by atoms with E-state index in [1.165, 1.54) is 0 Å². The van der Waals surface area contributed by atoms with Gasteiger partial charge in [-0.25, -0.2) is 4.79 Å². The Labute approximate surface area is 183 Å². The second-order valence-electron chi connectivity index (χ2n) is 7.56. The van der Waals surface area contributed by atoms with E-state index in [1.54, 1.807) is 0 Å². The molecule has 3 atom stereocenters. The van der Waals surface area contributed by atoms with Gasteiger partial charge in [0.05, 0.1) is 18.2 Å². The molecule has 3 unspecified atom stereocenters. The summed E-state index contributed by atoms with van der Waals surface area (Å²) in [6.45, 7) is 0.163. The van der Waals surface area contributed by atoms with E-state index in [2.05, 4.69) is 5.32 Å². The van der Waals surface area contributed by atoms with Crippen molar-refractivity contribution >= 4 is 6.09 Å². The van der Waals surface area contributed by atoms with Gasteiger partial charge < -0.3 is 20.3 Å². The van der Waals surface area contributed by atoms with Gasteiger partial charge in [0.25, 0.3) is 0 Å². The second-order valence-corrected chi connectivity index (χ2v) is 7.56. The van der Waals surface area contributed by atoms with E-state index in [0.29, 0.717) is 12.8 Å². The fourth-order valence-corrected chi connectivity index (χ4v) is 3.42. The van der Waals surface area contributed by atoms with Crippen LogP contribution in [0, 0.1) is 0 Å². The highest BCUT2D eigenvalue weighted by Gasteiger charge is 2.24. The maximum atomic E-state index is 12.4. The van der Waals surface area contributed by atoms with Crippen LogP contribution < -0.4 is 5.32 Å². The van der Waals surface area contributed by atoms with Crippen LogP contribution >= 0.6 is 0 Å². The molecule has 0 fully saturated rings. The number of aliphatic hydroxyl groups is 2. The van der Waals surface area contributed by atoms with E-state index in [1.807, 2.05) is 91.0 Å². The van der Waals surface area contributed by atoms with Crippen molar-refractivity contribution < 1.29 is 19.7 Å². The molecule has 0 aromatic heterocycles. The highest BCUT2D eigenvalue weighted by molar-refractivity contribution is 5.68. The Bertz CT molecular complexity index is 902. The largest absolute Gasteiger partial charge is 0.445 e. The lowest BCUT2D eigenvalue weighted by atomic mass is 9.95. The zero-order chi connectivity index (χ0) is 21.9. The number of nitrogens with one attached hydrogen (secondary N) is 1. The second kappa shape index (κ2) is 11.9. The number of rotatable bonds is 10. The Balaban J connectivity index is 1.57. The Morgan fingerprint density at radius 2 is 1.32 bits per heavy atom. The molecule has 3 aromatic carbocycles. The Kier molecular flexibility index (Phi) is 8.64. The highest BCUT2D eigenvalue weighted by Crippen LogP contribution is 2.21. The van der Waals surface area contributed by atoms with Crippen LogP contribution in [-0.4, -0.2) is 28.5 Å². The van der Waals surface area contributed by atoms with Crippen LogP contribution in [0.2, 0.25) is 0 Å². The van der Waals surface area contributed by atoms with Gasteiger partial charge >= 0.3 is 6.09 Å². The summed E-state index contributed by atoms with van der Waals surface area (Å²) in [6.07, 6.45) is -1.16. The van der Waals surface area contributed by atoms with E-state index >= 15 is 0 Å². The molecular weight excluding hydrogens is 390 g/mol. The number of aryl methyl sites for hydroxylation is 1. The first kappa shape index (κ1) is 22.5. The summed E-state index contributed by atoms with van der Waals surface area (Å²) < 4.78 is 5.33. The molecule has 0 aliphatic carbocycles. The van der Waals surface area contributed by atoms with Crippen LogP contribution in [0.5, 0.6) is 0 Å². The summed E-state index contributed by atoms with van der Waals surface area (Å²) in [5.41, 5.74) is 2.84. The predicted molar refractivity (Wildman–Crippen MR) is 120 cm³/mol. The van der Waals surface area contributed by atoms with E-state index in [0.717, 1.165) is 16.7 Å². The number of ether oxygens (including phenoxy) is 1. The number of hydrogen-bond donors (Lipinski definition) is 3. The molecule has 0 saturated carbocycles. The fraction of sp³-hybridized carbons (Fsp3) is 0.269. The van der Waals surface area contributed by atoms with Crippen molar-refractivity contribution in [2.75, 3.05) is 0 Å². The topological polar surface area (TPSA) is 78.8 Å². The summed E-state index contributed by atoms with van der Waals surface area (Å²) in [5.74, 6) is 0. The van der Waals surface area contributed by atoms with Crippen molar-refractivity contribution in [2.45, 2.75) is 44.1 Å². The van der Waals surface area contributed by atoms with Crippen LogP contribution in [0.25, 0.3) is 0 Å². The van der Waals surface area contributed by atoms with Gasteiger partial charge in [0.1, 0.15) is 6.61 Å². The van der Waals surface area contributed by atoms with Crippen LogP contribution in [0.4, 0.5) is 4.79 Å². The molecule has 0 saturated heterocycles. The molecule has 0 heterocycles.